The van der Waals surface area contributed by atoms with Crippen molar-refractivity contribution in [1.29, 1.82) is 0 Å². The predicted molar refractivity (Wildman–Crippen MR) is 99.9 cm³/mol. The van der Waals surface area contributed by atoms with Crippen LogP contribution >= 0.6 is 0 Å². The number of para-hydroxylation sites is 1. The number of Topliss-reactive ketones (excluding diaryl/α,β-unsaturated/α-hetero) is 1. The molecule has 0 saturated carbocycles. The number of benzene rings is 1. The monoisotopic (exact) mass is 343 g/mol. The average Bonchev–Trinajstić information content (AvgIpc) is 3.16. The maximum Gasteiger partial charge on any atom is 0.241 e. The number of carbonyl (C=O) groups excluding carboxylic acids is 2. The van der Waals surface area contributed by atoms with Crippen molar-refractivity contribution in [3.63, 3.8) is 0 Å². The summed E-state index contributed by atoms with van der Waals surface area (Å²) >= 11 is 0. The second-order valence-electron chi connectivity index (χ2n) is 7.30. The van der Waals surface area contributed by atoms with Gasteiger partial charge in [0.05, 0.1) is 11.7 Å². The summed E-state index contributed by atoms with van der Waals surface area (Å²) in [4.78, 5) is 29.4. The molecule has 2 fully saturated rings. The largest absolute Gasteiger partial charge is 0.324 e. The zero-order valence-corrected chi connectivity index (χ0v) is 15.3. The molecular weight excluding hydrogens is 314 g/mol. The number of rotatable bonds is 5. The van der Waals surface area contributed by atoms with Crippen LogP contribution in [0, 0.1) is 0 Å². The number of nitrogens with one attached hydrogen (secondary N) is 1. The van der Waals surface area contributed by atoms with Gasteiger partial charge in [0.1, 0.15) is 0 Å². The van der Waals surface area contributed by atoms with Crippen LogP contribution in [0.25, 0.3) is 0 Å². The van der Waals surface area contributed by atoms with Gasteiger partial charge in [0.15, 0.2) is 5.78 Å². The van der Waals surface area contributed by atoms with Crippen molar-refractivity contribution in [2.45, 2.75) is 51.6 Å². The molecule has 0 aliphatic carbocycles. The van der Waals surface area contributed by atoms with E-state index in [0.717, 1.165) is 19.5 Å². The van der Waals surface area contributed by atoms with Crippen molar-refractivity contribution in [1.82, 2.24) is 9.80 Å². The first-order valence-electron chi connectivity index (χ1n) is 9.45. The second kappa shape index (κ2) is 8.11. The number of carbonyl (C=O) groups is 2. The molecule has 5 nitrogen and oxygen atoms in total. The fourth-order valence-corrected chi connectivity index (χ4v) is 4.04. The van der Waals surface area contributed by atoms with Gasteiger partial charge in [-0.05, 0) is 71.3 Å². The van der Waals surface area contributed by atoms with Gasteiger partial charge in [-0.3, -0.25) is 19.4 Å². The zero-order valence-electron chi connectivity index (χ0n) is 15.3. The van der Waals surface area contributed by atoms with E-state index in [-0.39, 0.29) is 17.7 Å². The lowest BCUT2D eigenvalue weighted by Crippen LogP contribution is -2.52. The zero-order chi connectivity index (χ0) is 17.8. The molecule has 1 N–H and O–H groups in total. The van der Waals surface area contributed by atoms with Crippen molar-refractivity contribution < 1.29 is 9.59 Å². The maximum atomic E-state index is 12.7. The van der Waals surface area contributed by atoms with Crippen LogP contribution in [0.5, 0.6) is 0 Å². The molecule has 2 atom stereocenters. The Morgan fingerprint density at radius 1 is 1.12 bits per heavy atom. The van der Waals surface area contributed by atoms with E-state index in [1.54, 1.807) is 12.1 Å². The fraction of sp³-hybridized carbons (Fsp3) is 0.600. The molecule has 2 unspecified atom stereocenters. The summed E-state index contributed by atoms with van der Waals surface area (Å²) in [5.74, 6) is -0.0635. The van der Waals surface area contributed by atoms with Crippen LogP contribution in [0.4, 0.5) is 5.69 Å². The standard InChI is InChI=1S/C20H29N3O2/c1-15(20(25)21-19-10-4-3-9-18(19)16(2)24)23-13-7-8-17(14-23)22-11-5-6-12-22/h3-4,9-10,15,17H,5-8,11-14H2,1-2H3,(H,21,25). The summed E-state index contributed by atoms with van der Waals surface area (Å²) in [7, 11) is 0. The Balaban J connectivity index is 1.63. The van der Waals surface area contributed by atoms with Crippen molar-refractivity contribution in [3.8, 4) is 0 Å². The van der Waals surface area contributed by atoms with Gasteiger partial charge in [0, 0.05) is 18.2 Å². The molecule has 1 aromatic carbocycles. The third-order valence-corrected chi connectivity index (χ3v) is 5.58. The Morgan fingerprint density at radius 3 is 2.56 bits per heavy atom. The van der Waals surface area contributed by atoms with Crippen molar-refractivity contribution in [2.24, 2.45) is 0 Å². The molecule has 2 saturated heterocycles. The molecule has 25 heavy (non-hydrogen) atoms. The highest BCUT2D eigenvalue weighted by molar-refractivity contribution is 6.04. The minimum Gasteiger partial charge on any atom is -0.324 e. The Hall–Kier alpha value is -1.72. The highest BCUT2D eigenvalue weighted by atomic mass is 16.2. The van der Waals surface area contributed by atoms with E-state index in [0.29, 0.717) is 17.3 Å². The van der Waals surface area contributed by atoms with Crippen LogP contribution in [0.15, 0.2) is 24.3 Å². The highest BCUT2D eigenvalue weighted by Gasteiger charge is 2.31. The number of hydrogen-bond acceptors (Lipinski definition) is 4. The smallest absolute Gasteiger partial charge is 0.241 e. The maximum absolute atomic E-state index is 12.7. The molecule has 3 rings (SSSR count). The SMILES string of the molecule is CC(=O)c1ccccc1NC(=O)C(C)N1CCCC(N2CCCC2)C1. The Bertz CT molecular complexity index is 625. The first-order valence-corrected chi connectivity index (χ1v) is 9.45. The van der Waals surface area contributed by atoms with E-state index in [2.05, 4.69) is 15.1 Å². The van der Waals surface area contributed by atoms with Crippen molar-refractivity contribution in [3.05, 3.63) is 29.8 Å². The minimum absolute atomic E-state index is 0.0317. The van der Waals surface area contributed by atoms with Gasteiger partial charge in [-0.1, -0.05) is 12.1 Å². The van der Waals surface area contributed by atoms with E-state index >= 15 is 0 Å². The predicted octanol–water partition coefficient (Wildman–Crippen LogP) is 2.78. The van der Waals surface area contributed by atoms with Gasteiger partial charge in [0.25, 0.3) is 0 Å². The molecule has 2 heterocycles. The molecule has 1 amide bonds. The van der Waals surface area contributed by atoms with Crippen molar-refractivity contribution >= 4 is 17.4 Å². The molecule has 2 aliphatic heterocycles. The summed E-state index contributed by atoms with van der Waals surface area (Å²) in [6.07, 6.45) is 4.98. The van der Waals surface area contributed by atoms with Gasteiger partial charge in [-0.15, -0.1) is 0 Å². The normalized spacial score (nSPS) is 23.4. The summed E-state index contributed by atoms with van der Waals surface area (Å²) < 4.78 is 0. The number of piperidine rings is 1. The Morgan fingerprint density at radius 2 is 1.84 bits per heavy atom. The highest BCUT2D eigenvalue weighted by Crippen LogP contribution is 2.22. The van der Waals surface area contributed by atoms with Gasteiger partial charge in [0.2, 0.25) is 5.91 Å². The van der Waals surface area contributed by atoms with E-state index in [1.165, 1.54) is 39.3 Å². The van der Waals surface area contributed by atoms with Crippen LogP contribution in [0.3, 0.4) is 0 Å². The van der Waals surface area contributed by atoms with Crippen LogP contribution in [-0.2, 0) is 4.79 Å². The number of nitrogens with zero attached hydrogens (tertiary/aromatic N) is 2. The molecule has 5 heteroatoms. The number of likely N-dealkylation sites (tertiary alicyclic amines) is 2. The van der Waals surface area contributed by atoms with E-state index in [4.69, 9.17) is 0 Å². The summed E-state index contributed by atoms with van der Waals surface area (Å²) in [6, 6.07) is 7.61. The van der Waals surface area contributed by atoms with Crippen molar-refractivity contribution in [2.75, 3.05) is 31.5 Å². The van der Waals surface area contributed by atoms with E-state index < -0.39 is 0 Å². The van der Waals surface area contributed by atoms with Crippen LogP contribution in [-0.4, -0.2) is 59.8 Å². The molecule has 2 aliphatic rings. The van der Waals surface area contributed by atoms with Gasteiger partial charge in [-0.2, -0.15) is 0 Å². The van der Waals surface area contributed by atoms with Crippen LogP contribution < -0.4 is 5.32 Å². The van der Waals surface area contributed by atoms with E-state index in [1.807, 2.05) is 19.1 Å². The molecule has 136 valence electrons. The number of ketones is 1. The third kappa shape index (κ3) is 4.28. The first kappa shape index (κ1) is 18.1. The third-order valence-electron chi connectivity index (χ3n) is 5.58. The number of anilines is 1. The second-order valence-corrected chi connectivity index (χ2v) is 7.30. The van der Waals surface area contributed by atoms with E-state index in [9.17, 15) is 9.59 Å². The van der Waals surface area contributed by atoms with Crippen LogP contribution in [0.2, 0.25) is 0 Å². The van der Waals surface area contributed by atoms with Gasteiger partial charge < -0.3 is 5.32 Å². The fourth-order valence-electron chi connectivity index (χ4n) is 4.04. The molecule has 1 aromatic rings. The topological polar surface area (TPSA) is 52.7 Å². The first-order chi connectivity index (χ1) is 12.1. The molecule has 0 spiro atoms. The molecular formula is C20H29N3O2. The van der Waals surface area contributed by atoms with Gasteiger partial charge in [-0.25, -0.2) is 0 Å². The van der Waals surface area contributed by atoms with Gasteiger partial charge >= 0.3 is 0 Å². The lowest BCUT2D eigenvalue weighted by Gasteiger charge is -2.39. The number of amides is 1. The quantitative estimate of drug-likeness (QED) is 0.835. The summed E-state index contributed by atoms with van der Waals surface area (Å²) in [6.45, 7) is 7.82. The molecule has 0 bridgehead atoms. The van der Waals surface area contributed by atoms with Crippen LogP contribution in [0.1, 0.15) is 49.9 Å². The average molecular weight is 343 g/mol. The Labute approximate surface area is 150 Å². The lowest BCUT2D eigenvalue weighted by atomic mass is 10.0. The molecule has 0 radical (unpaired) electrons. The summed E-state index contributed by atoms with van der Waals surface area (Å²) in [5.41, 5.74) is 1.18. The molecule has 0 aromatic heterocycles. The summed E-state index contributed by atoms with van der Waals surface area (Å²) in [5, 5.41) is 2.96. The number of hydrogen-bond donors (Lipinski definition) is 1. The lowest BCUT2D eigenvalue weighted by molar-refractivity contribution is -0.121. The Kier molecular flexibility index (Phi) is 5.86. The minimum atomic E-state index is -0.189.